The Kier molecular flexibility index (Phi) is 4.51. The molecule has 4 heteroatoms. The highest BCUT2D eigenvalue weighted by molar-refractivity contribution is 5.87. The Morgan fingerprint density at radius 2 is 1.85 bits per heavy atom. The Labute approximate surface area is 157 Å². The summed E-state index contributed by atoms with van der Waals surface area (Å²) in [7, 11) is 0. The first-order valence-corrected chi connectivity index (χ1v) is 10.5. The summed E-state index contributed by atoms with van der Waals surface area (Å²) in [5.74, 6) is 1.52. The Balaban J connectivity index is 1.49. The van der Waals surface area contributed by atoms with E-state index in [1.807, 2.05) is 0 Å². The maximum atomic E-state index is 12.2. The van der Waals surface area contributed by atoms with Crippen molar-refractivity contribution in [3.63, 3.8) is 0 Å². The second-order valence-electron chi connectivity index (χ2n) is 9.76. The average Bonchev–Trinajstić information content (AvgIpc) is 2.51. The van der Waals surface area contributed by atoms with E-state index in [4.69, 9.17) is 14.2 Å². The molecule has 0 aromatic heterocycles. The van der Waals surface area contributed by atoms with Gasteiger partial charge in [-0.2, -0.15) is 0 Å². The van der Waals surface area contributed by atoms with E-state index in [0.29, 0.717) is 29.9 Å². The van der Waals surface area contributed by atoms with Gasteiger partial charge in [-0.05, 0) is 56.8 Å². The molecule has 0 aromatic carbocycles. The van der Waals surface area contributed by atoms with Crippen LogP contribution < -0.4 is 0 Å². The van der Waals surface area contributed by atoms with Gasteiger partial charge in [-0.1, -0.05) is 26.8 Å². The Morgan fingerprint density at radius 3 is 2.35 bits per heavy atom. The lowest BCUT2D eigenvalue weighted by Gasteiger charge is -2.61. The van der Waals surface area contributed by atoms with Crippen molar-refractivity contribution in [2.45, 2.75) is 88.9 Å². The summed E-state index contributed by atoms with van der Waals surface area (Å²) in [5, 5.41) is 0. The lowest BCUT2D eigenvalue weighted by molar-refractivity contribution is -0.271. The van der Waals surface area contributed by atoms with Gasteiger partial charge in [0.25, 0.3) is 0 Å². The van der Waals surface area contributed by atoms with Crippen molar-refractivity contribution >= 4 is 5.97 Å². The number of rotatable bonds is 7. The topological polar surface area (TPSA) is 44.8 Å². The highest BCUT2D eigenvalue weighted by Gasteiger charge is 2.61. The number of ether oxygens (including phenoxy) is 3. The molecular weight excluding hydrogens is 328 g/mol. The molecule has 4 bridgehead atoms. The third-order valence-corrected chi connectivity index (χ3v) is 7.66. The van der Waals surface area contributed by atoms with Crippen LogP contribution in [-0.4, -0.2) is 36.0 Å². The number of carbonyl (C=O) groups excluding carboxylic acids is 1. The van der Waals surface area contributed by atoms with Gasteiger partial charge in [0.1, 0.15) is 5.60 Å². The number of hydrogen-bond acceptors (Lipinski definition) is 4. The van der Waals surface area contributed by atoms with Crippen LogP contribution in [0.2, 0.25) is 0 Å². The van der Waals surface area contributed by atoms with Crippen LogP contribution in [0.25, 0.3) is 0 Å². The van der Waals surface area contributed by atoms with Crippen LogP contribution in [0.4, 0.5) is 0 Å². The summed E-state index contributed by atoms with van der Waals surface area (Å²) < 4.78 is 18.8. The van der Waals surface area contributed by atoms with E-state index in [0.717, 1.165) is 51.6 Å². The first-order chi connectivity index (χ1) is 12.3. The largest absolute Gasteiger partial charge is 0.456 e. The van der Waals surface area contributed by atoms with E-state index in [2.05, 4.69) is 20.4 Å². The molecule has 5 rings (SSSR count). The standard InChI is InChI=1S/C22H34O4/c1-5-16(4)22(6-7-24-22)14-25-20-9-17-8-18(10-20)12-21(11-17,13-20)26-19(23)15(2)3/h16-18H,2,5-14H2,1,3-4H3. The molecule has 5 fully saturated rings. The first kappa shape index (κ1) is 18.5. The molecule has 0 aromatic rings. The molecule has 4 saturated carbocycles. The quantitative estimate of drug-likeness (QED) is 0.497. The molecule has 5 aliphatic rings. The number of carbonyl (C=O) groups is 1. The van der Waals surface area contributed by atoms with Crippen molar-refractivity contribution in [3.05, 3.63) is 12.2 Å². The minimum absolute atomic E-state index is 0.0976. The van der Waals surface area contributed by atoms with Gasteiger partial charge in [0, 0.05) is 18.4 Å². The second kappa shape index (κ2) is 6.34. The van der Waals surface area contributed by atoms with Crippen LogP contribution >= 0.6 is 0 Å². The number of esters is 1. The molecule has 4 unspecified atom stereocenters. The zero-order valence-corrected chi connectivity index (χ0v) is 16.6. The molecule has 4 aliphatic carbocycles. The molecule has 0 amide bonds. The smallest absolute Gasteiger partial charge is 0.333 e. The molecule has 4 nitrogen and oxygen atoms in total. The lowest BCUT2D eigenvalue weighted by atomic mass is 9.52. The third-order valence-electron chi connectivity index (χ3n) is 7.66. The summed E-state index contributed by atoms with van der Waals surface area (Å²) >= 11 is 0. The van der Waals surface area contributed by atoms with Crippen molar-refractivity contribution in [1.29, 1.82) is 0 Å². The fourth-order valence-corrected chi connectivity index (χ4v) is 6.32. The monoisotopic (exact) mass is 362 g/mol. The molecule has 1 aliphatic heterocycles. The summed E-state index contributed by atoms with van der Waals surface area (Å²) in [6.07, 6.45) is 8.57. The van der Waals surface area contributed by atoms with E-state index in [9.17, 15) is 4.79 Å². The third kappa shape index (κ3) is 3.03. The fraction of sp³-hybridized carbons (Fsp3) is 0.864. The summed E-state index contributed by atoms with van der Waals surface area (Å²) in [6.45, 7) is 11.5. The molecule has 26 heavy (non-hydrogen) atoms. The molecular formula is C22H34O4. The highest BCUT2D eigenvalue weighted by Crippen LogP contribution is 2.60. The van der Waals surface area contributed by atoms with E-state index in [-0.39, 0.29) is 22.8 Å². The van der Waals surface area contributed by atoms with Gasteiger partial charge in [0.05, 0.1) is 24.4 Å². The van der Waals surface area contributed by atoms with E-state index < -0.39 is 0 Å². The van der Waals surface area contributed by atoms with Crippen LogP contribution in [0.5, 0.6) is 0 Å². The van der Waals surface area contributed by atoms with Crippen molar-refractivity contribution in [1.82, 2.24) is 0 Å². The predicted octanol–water partition coefficient (Wildman–Crippen LogP) is 4.42. The summed E-state index contributed by atoms with van der Waals surface area (Å²) in [4.78, 5) is 12.2. The normalized spacial score (nSPS) is 44.4. The van der Waals surface area contributed by atoms with E-state index in [1.165, 1.54) is 6.42 Å². The van der Waals surface area contributed by atoms with Crippen LogP contribution in [0.1, 0.15) is 72.1 Å². The van der Waals surface area contributed by atoms with Gasteiger partial charge in [0.2, 0.25) is 0 Å². The van der Waals surface area contributed by atoms with Crippen molar-refractivity contribution in [2.75, 3.05) is 13.2 Å². The Bertz CT molecular complexity index is 577. The summed E-state index contributed by atoms with van der Waals surface area (Å²) in [5.41, 5.74) is -0.0583. The van der Waals surface area contributed by atoms with Crippen LogP contribution in [-0.2, 0) is 19.0 Å². The molecule has 1 saturated heterocycles. The average molecular weight is 363 g/mol. The van der Waals surface area contributed by atoms with Gasteiger partial charge >= 0.3 is 5.97 Å². The maximum Gasteiger partial charge on any atom is 0.333 e. The van der Waals surface area contributed by atoms with Gasteiger partial charge in [-0.15, -0.1) is 0 Å². The molecule has 0 spiro atoms. The van der Waals surface area contributed by atoms with Gasteiger partial charge in [-0.25, -0.2) is 4.79 Å². The molecule has 146 valence electrons. The molecule has 1 heterocycles. The zero-order chi connectivity index (χ0) is 18.6. The minimum atomic E-state index is -0.329. The predicted molar refractivity (Wildman–Crippen MR) is 99.8 cm³/mol. The minimum Gasteiger partial charge on any atom is -0.456 e. The van der Waals surface area contributed by atoms with Gasteiger partial charge < -0.3 is 14.2 Å². The van der Waals surface area contributed by atoms with Gasteiger partial charge in [0.15, 0.2) is 0 Å². The van der Waals surface area contributed by atoms with E-state index >= 15 is 0 Å². The van der Waals surface area contributed by atoms with Crippen molar-refractivity contribution in [2.24, 2.45) is 17.8 Å². The first-order valence-electron chi connectivity index (χ1n) is 10.5. The van der Waals surface area contributed by atoms with Crippen LogP contribution in [0.3, 0.4) is 0 Å². The fourth-order valence-electron chi connectivity index (χ4n) is 6.32. The highest BCUT2D eigenvalue weighted by atomic mass is 16.6. The van der Waals surface area contributed by atoms with Gasteiger partial charge in [-0.3, -0.25) is 0 Å². The maximum absolute atomic E-state index is 12.2. The Hall–Kier alpha value is -0.870. The summed E-state index contributed by atoms with van der Waals surface area (Å²) in [6, 6.07) is 0. The van der Waals surface area contributed by atoms with Crippen LogP contribution in [0, 0.1) is 17.8 Å². The van der Waals surface area contributed by atoms with E-state index in [1.54, 1.807) is 6.92 Å². The number of hydrogen-bond donors (Lipinski definition) is 0. The Morgan fingerprint density at radius 1 is 1.23 bits per heavy atom. The van der Waals surface area contributed by atoms with Crippen molar-refractivity contribution < 1.29 is 19.0 Å². The molecule has 4 atom stereocenters. The van der Waals surface area contributed by atoms with Crippen molar-refractivity contribution in [3.8, 4) is 0 Å². The lowest BCUT2D eigenvalue weighted by Crippen LogP contribution is -2.63. The zero-order valence-electron chi connectivity index (χ0n) is 16.6. The molecule has 0 radical (unpaired) electrons. The second-order valence-corrected chi connectivity index (χ2v) is 9.76. The molecule has 0 N–H and O–H groups in total. The SMILES string of the molecule is C=C(C)C(=O)OC12CC3CC(CC(OCC4(C(C)CC)CCO4)(C3)C1)C2. The van der Waals surface area contributed by atoms with Crippen LogP contribution in [0.15, 0.2) is 12.2 Å².